The number of amides is 3. The second-order valence-electron chi connectivity index (χ2n) is 9.48. The van der Waals surface area contributed by atoms with E-state index in [1.807, 2.05) is 19.1 Å². The fraction of sp³-hybridized carbons (Fsp3) is 0.357. The summed E-state index contributed by atoms with van der Waals surface area (Å²) < 4.78 is 11.5. The third-order valence-corrected chi connectivity index (χ3v) is 6.66. The molecule has 2 N–H and O–H groups in total. The number of urea groups is 1. The van der Waals surface area contributed by atoms with E-state index < -0.39 is 12.1 Å². The molecule has 3 amide bonds. The van der Waals surface area contributed by atoms with E-state index in [1.165, 1.54) is 4.90 Å². The van der Waals surface area contributed by atoms with Crippen LogP contribution in [0.25, 0.3) is 11.1 Å². The Balaban J connectivity index is 1.59. The summed E-state index contributed by atoms with van der Waals surface area (Å²) in [7, 11) is 3.27. The third-order valence-electron chi connectivity index (χ3n) is 6.66. The number of ether oxygens (including phenoxy) is 2. The lowest BCUT2D eigenvalue weighted by Gasteiger charge is -2.37. The van der Waals surface area contributed by atoms with Crippen molar-refractivity contribution in [3.8, 4) is 22.8 Å². The smallest absolute Gasteiger partial charge is 0.321 e. The van der Waals surface area contributed by atoms with Crippen LogP contribution in [0.3, 0.4) is 0 Å². The van der Waals surface area contributed by atoms with Crippen molar-refractivity contribution in [2.45, 2.75) is 26.0 Å². The summed E-state index contributed by atoms with van der Waals surface area (Å²) in [6.07, 6.45) is 4.56. The minimum atomic E-state index is -0.460. The molecule has 0 bridgehead atoms. The maximum absolute atomic E-state index is 13.6. The molecule has 0 spiro atoms. The molecule has 3 atom stereocenters. The minimum absolute atomic E-state index is 0.155. The fourth-order valence-electron chi connectivity index (χ4n) is 4.26. The Kier molecular flexibility index (Phi) is 8.42. The van der Waals surface area contributed by atoms with Crippen LogP contribution in [-0.2, 0) is 0 Å². The zero-order chi connectivity index (χ0) is 27.2. The van der Waals surface area contributed by atoms with E-state index in [-0.39, 0.29) is 36.9 Å². The molecular formula is C28H33N5O5. The summed E-state index contributed by atoms with van der Waals surface area (Å²) in [4.78, 5) is 38.4. The van der Waals surface area contributed by atoms with Crippen molar-refractivity contribution < 1.29 is 24.2 Å². The first kappa shape index (κ1) is 26.9. The maximum Gasteiger partial charge on any atom is 0.321 e. The number of aliphatic hydroxyl groups excluding tert-OH is 1. The summed E-state index contributed by atoms with van der Waals surface area (Å²) in [6.45, 7) is 4.17. The Morgan fingerprint density at radius 1 is 1.26 bits per heavy atom. The molecule has 10 nitrogen and oxygen atoms in total. The monoisotopic (exact) mass is 519 g/mol. The molecule has 1 aromatic carbocycles. The van der Waals surface area contributed by atoms with E-state index in [2.05, 4.69) is 15.3 Å². The molecule has 0 unspecified atom stereocenters. The lowest BCUT2D eigenvalue weighted by Crippen LogP contribution is -2.50. The first-order chi connectivity index (χ1) is 18.3. The average Bonchev–Trinajstić information content (AvgIpc) is 2.95. The highest BCUT2D eigenvalue weighted by Gasteiger charge is 2.34. The maximum atomic E-state index is 13.6. The van der Waals surface area contributed by atoms with Gasteiger partial charge in [-0.25, -0.2) is 9.78 Å². The van der Waals surface area contributed by atoms with E-state index in [0.29, 0.717) is 23.5 Å². The zero-order valence-corrected chi connectivity index (χ0v) is 22.0. The van der Waals surface area contributed by atoms with Crippen LogP contribution < -0.4 is 14.8 Å². The fourth-order valence-corrected chi connectivity index (χ4v) is 4.26. The topological polar surface area (TPSA) is 117 Å². The summed E-state index contributed by atoms with van der Waals surface area (Å²) in [5.41, 5.74) is 2.48. The van der Waals surface area contributed by atoms with Crippen molar-refractivity contribution in [3.05, 3.63) is 66.6 Å². The third kappa shape index (κ3) is 6.03. The number of nitrogens with one attached hydrogen (secondary N) is 1. The van der Waals surface area contributed by atoms with Crippen LogP contribution in [0.4, 0.5) is 10.5 Å². The number of methoxy groups -OCH3 is 1. The number of pyridine rings is 2. The quantitative estimate of drug-likeness (QED) is 0.490. The molecule has 38 heavy (non-hydrogen) atoms. The van der Waals surface area contributed by atoms with Gasteiger partial charge in [0.05, 0.1) is 26.3 Å². The van der Waals surface area contributed by atoms with Crippen molar-refractivity contribution >= 4 is 17.6 Å². The van der Waals surface area contributed by atoms with Crippen LogP contribution in [-0.4, -0.2) is 82.8 Å². The van der Waals surface area contributed by atoms with Gasteiger partial charge in [0.2, 0.25) is 5.88 Å². The number of fused-ring (bicyclic) bond motifs is 1. The SMILES string of the molecule is COc1ccc(NC(=O)N(C)C[C@H]2Oc3ncc(-c4cccnc4)cc3C(=O)N([C@H](C)CO)C[C@H]2C)cc1. The molecular weight excluding hydrogens is 486 g/mol. The van der Waals surface area contributed by atoms with E-state index in [0.717, 1.165) is 11.1 Å². The standard InChI is InChI=1S/C28H33N5O5/c1-18-15-33(19(2)17-34)27(35)24-12-21(20-6-5-11-29-13-20)14-30-26(24)38-25(18)16-32(3)28(36)31-22-7-9-23(37-4)10-8-22/h5-14,18-19,25,34H,15-17H2,1-4H3,(H,31,36)/t18-,19-,25-/m1/s1. The van der Waals surface area contributed by atoms with Crippen LogP contribution in [0.5, 0.6) is 11.6 Å². The summed E-state index contributed by atoms with van der Waals surface area (Å²) in [6, 6.07) is 11.8. The molecule has 2 aromatic heterocycles. The normalized spacial score (nSPS) is 17.9. The number of carbonyl (C=O) groups is 2. The van der Waals surface area contributed by atoms with Crippen LogP contribution >= 0.6 is 0 Å². The Morgan fingerprint density at radius 2 is 2.03 bits per heavy atom. The number of carbonyl (C=O) groups excluding carboxylic acids is 2. The van der Waals surface area contributed by atoms with Gasteiger partial charge in [-0.3, -0.25) is 9.78 Å². The van der Waals surface area contributed by atoms with Crippen LogP contribution in [0.2, 0.25) is 0 Å². The number of aromatic nitrogens is 2. The highest BCUT2D eigenvalue weighted by atomic mass is 16.5. The number of nitrogens with zero attached hydrogens (tertiary/aromatic N) is 4. The number of likely N-dealkylation sites (N-methyl/N-ethyl adjacent to an activating group) is 1. The van der Waals surface area contributed by atoms with Gasteiger partial charge in [-0.05, 0) is 43.3 Å². The predicted molar refractivity (Wildman–Crippen MR) is 143 cm³/mol. The molecule has 0 radical (unpaired) electrons. The molecule has 3 aromatic rings. The number of hydrogen-bond acceptors (Lipinski definition) is 7. The van der Waals surface area contributed by atoms with Crippen molar-refractivity contribution in [1.29, 1.82) is 0 Å². The molecule has 3 heterocycles. The second-order valence-corrected chi connectivity index (χ2v) is 9.48. The number of anilines is 1. The Labute approximate surface area is 222 Å². The molecule has 0 saturated heterocycles. The van der Waals surface area contributed by atoms with Crippen LogP contribution in [0.1, 0.15) is 24.2 Å². The Hall–Kier alpha value is -4.18. The van der Waals surface area contributed by atoms with Crippen LogP contribution in [0.15, 0.2) is 61.1 Å². The predicted octanol–water partition coefficient (Wildman–Crippen LogP) is 3.54. The molecule has 1 aliphatic heterocycles. The number of hydrogen-bond donors (Lipinski definition) is 2. The molecule has 0 saturated carbocycles. The Morgan fingerprint density at radius 3 is 2.68 bits per heavy atom. The first-order valence-electron chi connectivity index (χ1n) is 12.5. The lowest BCUT2D eigenvalue weighted by atomic mass is 9.99. The summed E-state index contributed by atoms with van der Waals surface area (Å²) >= 11 is 0. The van der Waals surface area contributed by atoms with Crippen molar-refractivity contribution in [3.63, 3.8) is 0 Å². The van der Waals surface area contributed by atoms with Gasteiger partial charge in [-0.2, -0.15) is 0 Å². The molecule has 4 rings (SSSR count). The second kappa shape index (κ2) is 11.9. The molecule has 0 fully saturated rings. The van der Waals surface area contributed by atoms with E-state index >= 15 is 0 Å². The Bertz CT molecular complexity index is 1250. The number of rotatable bonds is 7. The van der Waals surface area contributed by atoms with Gasteiger partial charge < -0.3 is 29.7 Å². The van der Waals surface area contributed by atoms with Gasteiger partial charge in [-0.15, -0.1) is 0 Å². The van der Waals surface area contributed by atoms with Gasteiger partial charge in [0.15, 0.2) is 0 Å². The first-order valence-corrected chi connectivity index (χ1v) is 12.5. The molecule has 1 aliphatic rings. The van der Waals surface area contributed by atoms with E-state index in [9.17, 15) is 14.7 Å². The minimum Gasteiger partial charge on any atom is -0.497 e. The number of benzene rings is 1. The zero-order valence-electron chi connectivity index (χ0n) is 22.0. The summed E-state index contributed by atoms with van der Waals surface area (Å²) in [5, 5.41) is 12.7. The summed E-state index contributed by atoms with van der Waals surface area (Å²) in [5.74, 6) is 0.466. The van der Waals surface area contributed by atoms with Gasteiger partial charge in [-0.1, -0.05) is 13.0 Å². The lowest BCUT2D eigenvalue weighted by molar-refractivity contribution is 0.0356. The van der Waals surface area contributed by atoms with E-state index in [4.69, 9.17) is 9.47 Å². The van der Waals surface area contributed by atoms with Gasteiger partial charge >= 0.3 is 6.03 Å². The highest BCUT2D eigenvalue weighted by Crippen LogP contribution is 2.30. The van der Waals surface area contributed by atoms with Crippen LogP contribution in [0, 0.1) is 5.92 Å². The largest absolute Gasteiger partial charge is 0.497 e. The van der Waals surface area contributed by atoms with Gasteiger partial charge in [0.1, 0.15) is 17.4 Å². The van der Waals surface area contributed by atoms with Crippen molar-refractivity contribution in [2.75, 3.05) is 39.2 Å². The molecule has 200 valence electrons. The molecule has 0 aliphatic carbocycles. The molecule has 10 heteroatoms. The van der Waals surface area contributed by atoms with Gasteiger partial charge in [0.25, 0.3) is 5.91 Å². The van der Waals surface area contributed by atoms with E-state index in [1.54, 1.807) is 74.9 Å². The number of aliphatic hydroxyl groups is 1. The highest BCUT2D eigenvalue weighted by molar-refractivity contribution is 5.98. The van der Waals surface area contributed by atoms with Crippen molar-refractivity contribution in [2.24, 2.45) is 5.92 Å². The average molecular weight is 520 g/mol. The van der Waals surface area contributed by atoms with Crippen molar-refractivity contribution in [1.82, 2.24) is 19.8 Å². The van der Waals surface area contributed by atoms with Gasteiger partial charge in [0, 0.05) is 54.9 Å².